The first kappa shape index (κ1) is 22.0. The number of anilines is 1. The molecule has 0 aliphatic carbocycles. The smallest absolute Gasteiger partial charge is 0.296 e. The van der Waals surface area contributed by atoms with Crippen molar-refractivity contribution in [3.8, 4) is 11.1 Å². The summed E-state index contributed by atoms with van der Waals surface area (Å²) >= 11 is 0. The third-order valence-corrected chi connectivity index (χ3v) is 6.94. The predicted molar refractivity (Wildman–Crippen MR) is 137 cm³/mol. The van der Waals surface area contributed by atoms with Crippen LogP contribution in [0.5, 0.6) is 0 Å². The molecule has 172 valence electrons. The van der Waals surface area contributed by atoms with Crippen LogP contribution in [0.15, 0.2) is 72.9 Å². The highest BCUT2D eigenvalue weighted by molar-refractivity contribution is 6.43. The number of ketones is 1. The van der Waals surface area contributed by atoms with Gasteiger partial charge in [-0.15, -0.1) is 0 Å². The second kappa shape index (κ2) is 8.82. The summed E-state index contributed by atoms with van der Waals surface area (Å²) in [6.07, 6.45) is 1.85. The maximum Gasteiger partial charge on any atom is 0.296 e. The third kappa shape index (κ3) is 3.87. The minimum absolute atomic E-state index is 0.432. The number of Topliss-reactive ketones (excluding diaryl/α,β-unsaturated/α-hetero) is 1. The lowest BCUT2D eigenvalue weighted by Gasteiger charge is -2.36. The van der Waals surface area contributed by atoms with E-state index < -0.39 is 11.7 Å². The van der Waals surface area contributed by atoms with E-state index in [2.05, 4.69) is 36.9 Å². The quantitative estimate of drug-likeness (QED) is 0.322. The second-order valence-corrected chi connectivity index (χ2v) is 9.10. The lowest BCUT2D eigenvalue weighted by molar-refractivity contribution is -0.126. The summed E-state index contributed by atoms with van der Waals surface area (Å²) in [7, 11) is 0. The fourth-order valence-electron chi connectivity index (χ4n) is 4.78. The van der Waals surface area contributed by atoms with Crippen LogP contribution in [0.3, 0.4) is 0 Å². The lowest BCUT2D eigenvalue weighted by atomic mass is 10.0. The van der Waals surface area contributed by atoms with Gasteiger partial charge in [-0.2, -0.15) is 0 Å². The van der Waals surface area contributed by atoms with Crippen molar-refractivity contribution in [2.24, 2.45) is 0 Å². The van der Waals surface area contributed by atoms with Crippen molar-refractivity contribution in [1.29, 1.82) is 0 Å². The average Bonchev–Trinajstić information content (AvgIpc) is 3.25. The molecule has 5 nitrogen and oxygen atoms in total. The molecule has 2 aromatic heterocycles. The molecule has 0 spiro atoms. The molecule has 1 aliphatic heterocycles. The molecule has 5 rings (SSSR count). The van der Waals surface area contributed by atoms with Gasteiger partial charge < -0.3 is 14.2 Å². The zero-order valence-electron chi connectivity index (χ0n) is 19.9. The fourth-order valence-corrected chi connectivity index (χ4v) is 4.78. The molecule has 1 aliphatic rings. The van der Waals surface area contributed by atoms with E-state index in [0.717, 1.165) is 22.2 Å². The van der Waals surface area contributed by atoms with E-state index in [0.29, 0.717) is 31.9 Å². The SMILES string of the molecule is Cc1ccc(-c2cc3ccccn3c2C(=O)C(=O)N2CCN(c3cccc(C)c3C)CC2)cc1. The van der Waals surface area contributed by atoms with Gasteiger partial charge in [0, 0.05) is 49.1 Å². The monoisotopic (exact) mass is 451 g/mol. The molecular formula is C29H29N3O2. The van der Waals surface area contributed by atoms with Crippen LogP contribution in [0.25, 0.3) is 16.6 Å². The molecule has 0 atom stereocenters. The van der Waals surface area contributed by atoms with E-state index in [-0.39, 0.29) is 0 Å². The van der Waals surface area contributed by atoms with Crippen LogP contribution in [0.2, 0.25) is 0 Å². The molecule has 4 aromatic rings. The predicted octanol–water partition coefficient (Wildman–Crippen LogP) is 5.06. The van der Waals surface area contributed by atoms with Crippen molar-refractivity contribution >= 4 is 22.9 Å². The Labute approximate surface area is 200 Å². The maximum atomic E-state index is 13.6. The largest absolute Gasteiger partial charge is 0.368 e. The highest BCUT2D eigenvalue weighted by atomic mass is 16.2. The summed E-state index contributed by atoms with van der Waals surface area (Å²) in [5.41, 5.74) is 7.94. The van der Waals surface area contributed by atoms with Gasteiger partial charge in [-0.25, -0.2) is 0 Å². The number of carbonyl (C=O) groups is 2. The number of rotatable bonds is 4. The standard InChI is InChI=1S/C29H29N3O2/c1-20-10-12-23(13-11-20)25-19-24-8-4-5-14-32(24)27(25)28(33)29(34)31-17-15-30(16-18-31)26-9-6-7-21(2)22(26)3/h4-14,19H,15-18H2,1-3H3. The Bertz CT molecular complexity index is 1380. The fraction of sp³-hybridized carbons (Fsp3) is 0.241. The van der Waals surface area contributed by atoms with Crippen LogP contribution in [0.1, 0.15) is 27.2 Å². The summed E-state index contributed by atoms with van der Waals surface area (Å²) in [6, 6.07) is 22.2. The Morgan fingerprint density at radius 1 is 0.794 bits per heavy atom. The van der Waals surface area contributed by atoms with Gasteiger partial charge in [-0.3, -0.25) is 9.59 Å². The van der Waals surface area contributed by atoms with Crippen LogP contribution in [-0.2, 0) is 4.79 Å². The molecule has 34 heavy (non-hydrogen) atoms. The van der Waals surface area contributed by atoms with Crippen LogP contribution in [-0.4, -0.2) is 47.2 Å². The molecule has 0 saturated carbocycles. The van der Waals surface area contributed by atoms with Crippen molar-refractivity contribution in [2.75, 3.05) is 31.1 Å². The van der Waals surface area contributed by atoms with E-state index in [1.165, 1.54) is 16.8 Å². The molecular weight excluding hydrogens is 422 g/mol. The molecule has 0 unspecified atom stereocenters. The first-order chi connectivity index (χ1) is 16.4. The zero-order valence-corrected chi connectivity index (χ0v) is 19.9. The Morgan fingerprint density at radius 2 is 1.53 bits per heavy atom. The number of pyridine rings is 1. The summed E-state index contributed by atoms with van der Waals surface area (Å²) in [4.78, 5) is 31.0. The summed E-state index contributed by atoms with van der Waals surface area (Å²) in [5.74, 6) is -0.889. The van der Waals surface area contributed by atoms with Crippen LogP contribution in [0, 0.1) is 20.8 Å². The van der Waals surface area contributed by atoms with Gasteiger partial charge in [-0.1, -0.05) is 48.0 Å². The summed E-state index contributed by atoms with van der Waals surface area (Å²) in [5, 5.41) is 0. The topological polar surface area (TPSA) is 45.0 Å². The molecule has 0 bridgehead atoms. The van der Waals surface area contributed by atoms with Crippen molar-refractivity contribution in [3.63, 3.8) is 0 Å². The van der Waals surface area contributed by atoms with Crippen molar-refractivity contribution < 1.29 is 9.59 Å². The van der Waals surface area contributed by atoms with E-state index in [4.69, 9.17) is 0 Å². The van der Waals surface area contributed by atoms with E-state index >= 15 is 0 Å². The normalized spacial score (nSPS) is 14.0. The average molecular weight is 452 g/mol. The highest BCUT2D eigenvalue weighted by Crippen LogP contribution is 2.29. The van der Waals surface area contributed by atoms with Crippen molar-refractivity contribution in [1.82, 2.24) is 9.30 Å². The second-order valence-electron chi connectivity index (χ2n) is 9.10. The molecule has 0 N–H and O–H groups in total. The number of aromatic nitrogens is 1. The van der Waals surface area contributed by atoms with Crippen LogP contribution < -0.4 is 4.90 Å². The summed E-state index contributed by atoms with van der Waals surface area (Å²) < 4.78 is 1.84. The summed E-state index contributed by atoms with van der Waals surface area (Å²) in [6.45, 7) is 8.77. The number of carbonyl (C=O) groups excluding carboxylic acids is 2. The van der Waals surface area contributed by atoms with E-state index in [9.17, 15) is 9.59 Å². The molecule has 3 heterocycles. The number of aryl methyl sites for hydroxylation is 2. The van der Waals surface area contributed by atoms with Crippen LogP contribution in [0.4, 0.5) is 5.69 Å². The van der Waals surface area contributed by atoms with Crippen molar-refractivity contribution in [2.45, 2.75) is 20.8 Å². The molecule has 2 aromatic carbocycles. The highest BCUT2D eigenvalue weighted by Gasteiger charge is 2.31. The van der Waals surface area contributed by atoms with E-state index in [1.807, 2.05) is 66.1 Å². The zero-order chi connectivity index (χ0) is 23.8. The number of nitrogens with zero attached hydrogens (tertiary/aromatic N) is 3. The first-order valence-electron chi connectivity index (χ1n) is 11.8. The van der Waals surface area contributed by atoms with Crippen LogP contribution >= 0.6 is 0 Å². The van der Waals surface area contributed by atoms with Gasteiger partial charge >= 0.3 is 0 Å². The van der Waals surface area contributed by atoms with Gasteiger partial charge in [0.2, 0.25) is 0 Å². The molecule has 1 saturated heterocycles. The minimum Gasteiger partial charge on any atom is -0.368 e. The molecule has 5 heteroatoms. The Morgan fingerprint density at radius 3 is 2.26 bits per heavy atom. The number of piperazine rings is 1. The van der Waals surface area contributed by atoms with Crippen molar-refractivity contribution in [3.05, 3.63) is 95.3 Å². The number of fused-ring (bicyclic) bond motifs is 1. The van der Waals surface area contributed by atoms with Gasteiger partial charge in [-0.05, 0) is 61.7 Å². The maximum absolute atomic E-state index is 13.6. The lowest BCUT2D eigenvalue weighted by Crippen LogP contribution is -2.51. The molecule has 0 radical (unpaired) electrons. The molecule has 1 amide bonds. The van der Waals surface area contributed by atoms with Gasteiger partial charge in [0.1, 0.15) is 5.69 Å². The molecule has 1 fully saturated rings. The minimum atomic E-state index is -0.457. The Kier molecular flexibility index (Phi) is 5.70. The number of hydrogen-bond donors (Lipinski definition) is 0. The number of hydrogen-bond acceptors (Lipinski definition) is 3. The number of amides is 1. The third-order valence-electron chi connectivity index (χ3n) is 6.94. The Balaban J connectivity index is 1.41. The number of benzene rings is 2. The van der Waals surface area contributed by atoms with E-state index in [1.54, 1.807) is 4.90 Å². The van der Waals surface area contributed by atoms with Gasteiger partial charge in [0.15, 0.2) is 0 Å². The Hall–Kier alpha value is -3.86. The first-order valence-corrected chi connectivity index (χ1v) is 11.8. The van der Waals surface area contributed by atoms with Gasteiger partial charge in [0.25, 0.3) is 11.7 Å². The van der Waals surface area contributed by atoms with Gasteiger partial charge in [0.05, 0.1) is 0 Å².